The van der Waals surface area contributed by atoms with Gasteiger partial charge in [-0.05, 0) is 32.9 Å². The van der Waals surface area contributed by atoms with Gasteiger partial charge in [0, 0.05) is 24.4 Å². The van der Waals surface area contributed by atoms with Gasteiger partial charge in [-0.15, -0.1) is 0 Å². The van der Waals surface area contributed by atoms with Crippen molar-refractivity contribution in [3.63, 3.8) is 0 Å². The lowest BCUT2D eigenvalue weighted by molar-refractivity contribution is -0.146. The second kappa shape index (κ2) is 8.48. The number of H-pyrrole nitrogens is 1. The Morgan fingerprint density at radius 1 is 1.26 bits per heavy atom. The van der Waals surface area contributed by atoms with E-state index in [1.807, 2.05) is 6.92 Å². The Bertz CT molecular complexity index is 1160. The molecular weight excluding hydrogens is 440 g/mol. The Balaban J connectivity index is 1.77. The van der Waals surface area contributed by atoms with Crippen molar-refractivity contribution < 1.29 is 19.1 Å². The molecule has 2 aromatic heterocycles. The molecule has 0 aromatic carbocycles. The standard InChI is InChI=1S/C23H30N6O5/c1-12-16(34-23(5,6)33-12)14-11-25-17-15(29(14)19(31)13-8-7-9-24-10-13)18(30)27-21(26-17)28-20(32)22(2,3)4/h7-10,12,14,16H,11H2,1-6H3,(H3,25,26,27,28,30,32)/t12-,14-,16+/m0/s1. The largest absolute Gasteiger partial charge is 0.366 e. The minimum atomic E-state index is -0.834. The first kappa shape index (κ1) is 23.8. The highest BCUT2D eigenvalue weighted by atomic mass is 16.8. The molecule has 1 fully saturated rings. The molecule has 0 unspecified atom stereocenters. The molecule has 2 amide bonds. The van der Waals surface area contributed by atoms with E-state index >= 15 is 0 Å². The Hall–Kier alpha value is -3.31. The van der Waals surface area contributed by atoms with Crippen LogP contribution in [0.1, 0.15) is 51.9 Å². The topological polar surface area (TPSA) is 139 Å². The third-order valence-corrected chi connectivity index (χ3v) is 5.72. The summed E-state index contributed by atoms with van der Waals surface area (Å²) < 4.78 is 12.0. The summed E-state index contributed by atoms with van der Waals surface area (Å²) in [6, 6.07) is 2.72. The number of nitrogens with zero attached hydrogens (tertiary/aromatic N) is 3. The van der Waals surface area contributed by atoms with Crippen molar-refractivity contribution in [2.45, 2.75) is 65.6 Å². The molecule has 0 aliphatic carbocycles. The number of amides is 2. The molecule has 0 radical (unpaired) electrons. The van der Waals surface area contributed by atoms with Crippen LogP contribution in [0.15, 0.2) is 29.3 Å². The van der Waals surface area contributed by atoms with Crippen LogP contribution in [0.4, 0.5) is 17.5 Å². The number of carbonyl (C=O) groups excluding carboxylic acids is 2. The fourth-order valence-corrected chi connectivity index (χ4v) is 4.13. The predicted octanol–water partition coefficient (Wildman–Crippen LogP) is 2.13. The SMILES string of the molecule is C[C@@H]1OC(C)(C)O[C@H]1[C@@H]1CNc2nc(NC(=O)C(C)(C)C)[nH]c(=O)c2N1C(=O)c1cccnc1. The zero-order chi connectivity index (χ0) is 24.8. The minimum absolute atomic E-state index is 0.00153. The average molecular weight is 471 g/mol. The number of pyridine rings is 1. The highest BCUT2D eigenvalue weighted by Crippen LogP contribution is 2.36. The molecule has 4 rings (SSSR count). The summed E-state index contributed by atoms with van der Waals surface area (Å²) >= 11 is 0. The Morgan fingerprint density at radius 2 is 2.00 bits per heavy atom. The van der Waals surface area contributed by atoms with E-state index in [0.29, 0.717) is 5.56 Å². The summed E-state index contributed by atoms with van der Waals surface area (Å²) in [4.78, 5) is 51.7. The number of aromatic nitrogens is 3. The number of hydrogen-bond acceptors (Lipinski definition) is 8. The number of anilines is 3. The van der Waals surface area contributed by atoms with Gasteiger partial charge < -0.3 is 14.8 Å². The van der Waals surface area contributed by atoms with Crippen molar-refractivity contribution in [3.8, 4) is 0 Å². The van der Waals surface area contributed by atoms with Gasteiger partial charge in [-0.2, -0.15) is 4.98 Å². The summed E-state index contributed by atoms with van der Waals surface area (Å²) in [5.41, 5.74) is -0.901. The maximum absolute atomic E-state index is 13.7. The maximum Gasteiger partial charge on any atom is 0.278 e. The first-order valence-corrected chi connectivity index (χ1v) is 11.2. The lowest BCUT2D eigenvalue weighted by Crippen LogP contribution is -2.57. The smallest absolute Gasteiger partial charge is 0.278 e. The van der Waals surface area contributed by atoms with E-state index in [1.165, 1.54) is 11.1 Å². The zero-order valence-electron chi connectivity index (χ0n) is 20.1. The van der Waals surface area contributed by atoms with Crippen molar-refractivity contribution >= 4 is 29.3 Å². The lowest BCUT2D eigenvalue weighted by Gasteiger charge is -2.39. The van der Waals surface area contributed by atoms with E-state index in [1.54, 1.807) is 52.9 Å². The molecule has 4 heterocycles. The van der Waals surface area contributed by atoms with Gasteiger partial charge >= 0.3 is 0 Å². The third-order valence-electron chi connectivity index (χ3n) is 5.72. The van der Waals surface area contributed by atoms with E-state index in [9.17, 15) is 14.4 Å². The normalized spacial score (nSPS) is 23.7. The Morgan fingerprint density at radius 3 is 2.59 bits per heavy atom. The van der Waals surface area contributed by atoms with Gasteiger partial charge in [0.15, 0.2) is 17.3 Å². The number of aromatic amines is 1. The van der Waals surface area contributed by atoms with Crippen molar-refractivity contribution in [3.05, 3.63) is 40.4 Å². The van der Waals surface area contributed by atoms with E-state index in [0.717, 1.165) is 0 Å². The summed E-state index contributed by atoms with van der Waals surface area (Å²) in [7, 11) is 0. The molecule has 3 N–H and O–H groups in total. The van der Waals surface area contributed by atoms with E-state index in [4.69, 9.17) is 9.47 Å². The van der Waals surface area contributed by atoms with Gasteiger partial charge in [0.25, 0.3) is 11.5 Å². The van der Waals surface area contributed by atoms with Crippen LogP contribution in [-0.2, 0) is 14.3 Å². The van der Waals surface area contributed by atoms with Crippen molar-refractivity contribution in [2.24, 2.45) is 5.41 Å². The molecule has 0 bridgehead atoms. The van der Waals surface area contributed by atoms with Gasteiger partial charge in [-0.3, -0.25) is 34.6 Å². The minimum Gasteiger partial charge on any atom is -0.366 e. The first-order chi connectivity index (χ1) is 15.9. The number of rotatable bonds is 3. The van der Waals surface area contributed by atoms with Crippen molar-refractivity contribution in [1.82, 2.24) is 15.0 Å². The molecule has 1 saturated heterocycles. The van der Waals surface area contributed by atoms with Crippen LogP contribution < -0.4 is 21.1 Å². The fourth-order valence-electron chi connectivity index (χ4n) is 4.13. The van der Waals surface area contributed by atoms with Crippen LogP contribution in [0.25, 0.3) is 0 Å². The lowest BCUT2D eigenvalue weighted by atomic mass is 9.96. The molecule has 0 spiro atoms. The Kier molecular flexibility index (Phi) is 5.94. The molecule has 2 aliphatic rings. The van der Waals surface area contributed by atoms with Crippen molar-refractivity contribution in [1.29, 1.82) is 0 Å². The number of nitrogens with one attached hydrogen (secondary N) is 3. The molecule has 34 heavy (non-hydrogen) atoms. The number of ether oxygens (including phenoxy) is 2. The molecule has 182 valence electrons. The van der Waals surface area contributed by atoms with Crippen LogP contribution in [-0.4, -0.2) is 57.3 Å². The van der Waals surface area contributed by atoms with E-state index < -0.39 is 34.8 Å². The maximum atomic E-state index is 13.7. The molecule has 11 heteroatoms. The number of hydrogen-bond donors (Lipinski definition) is 3. The second-order valence-electron chi connectivity index (χ2n) is 9.99. The van der Waals surface area contributed by atoms with Gasteiger partial charge in [0.1, 0.15) is 6.10 Å². The fraction of sp³-hybridized carbons (Fsp3) is 0.522. The van der Waals surface area contributed by atoms with Crippen LogP contribution in [0.5, 0.6) is 0 Å². The molecule has 11 nitrogen and oxygen atoms in total. The highest BCUT2D eigenvalue weighted by molar-refractivity contribution is 6.08. The van der Waals surface area contributed by atoms with Gasteiger partial charge in [-0.25, -0.2) is 0 Å². The van der Waals surface area contributed by atoms with Crippen LogP contribution in [0.3, 0.4) is 0 Å². The van der Waals surface area contributed by atoms with Crippen LogP contribution >= 0.6 is 0 Å². The Labute approximate surface area is 197 Å². The van der Waals surface area contributed by atoms with Gasteiger partial charge in [0.2, 0.25) is 11.9 Å². The average Bonchev–Trinajstić information content (AvgIpc) is 3.04. The summed E-state index contributed by atoms with van der Waals surface area (Å²) in [5.74, 6) is -1.37. The summed E-state index contributed by atoms with van der Waals surface area (Å²) in [6.45, 7) is 11.0. The van der Waals surface area contributed by atoms with E-state index in [-0.39, 0.29) is 36.0 Å². The molecule has 2 aromatic rings. The van der Waals surface area contributed by atoms with Gasteiger partial charge in [-0.1, -0.05) is 20.8 Å². The summed E-state index contributed by atoms with van der Waals surface area (Å²) in [6.07, 6.45) is 2.18. The third kappa shape index (κ3) is 4.53. The molecule has 3 atom stereocenters. The second-order valence-corrected chi connectivity index (χ2v) is 9.99. The molecule has 2 aliphatic heterocycles. The van der Waals surface area contributed by atoms with Crippen molar-refractivity contribution in [2.75, 3.05) is 22.1 Å². The van der Waals surface area contributed by atoms with Crippen LogP contribution in [0, 0.1) is 5.41 Å². The predicted molar refractivity (Wildman–Crippen MR) is 126 cm³/mol. The summed E-state index contributed by atoms with van der Waals surface area (Å²) in [5, 5.41) is 5.77. The highest BCUT2D eigenvalue weighted by Gasteiger charge is 2.48. The number of fused-ring (bicyclic) bond motifs is 1. The number of carbonyl (C=O) groups is 2. The monoisotopic (exact) mass is 470 g/mol. The molecule has 0 saturated carbocycles. The van der Waals surface area contributed by atoms with E-state index in [2.05, 4.69) is 25.6 Å². The van der Waals surface area contributed by atoms with Crippen LogP contribution in [0.2, 0.25) is 0 Å². The quantitative estimate of drug-likeness (QED) is 0.620. The van der Waals surface area contributed by atoms with Gasteiger partial charge in [0.05, 0.1) is 17.7 Å². The first-order valence-electron chi connectivity index (χ1n) is 11.2. The molecular formula is C23H30N6O5. The zero-order valence-corrected chi connectivity index (χ0v) is 20.1.